The normalized spacial score (nSPS) is 10.5. The third-order valence-corrected chi connectivity index (χ3v) is 3.49. The van der Waals surface area contributed by atoms with Crippen LogP contribution >= 0.6 is 0 Å². The first-order valence-electron chi connectivity index (χ1n) is 8.86. The Morgan fingerprint density at radius 1 is 1.00 bits per heavy atom. The van der Waals surface area contributed by atoms with E-state index in [0.717, 1.165) is 22.9 Å². The minimum Gasteiger partial charge on any atom is -0.492 e. The average molecular weight is 365 g/mol. The fourth-order valence-corrected chi connectivity index (χ4v) is 2.43. The maximum Gasteiger partial charge on any atom is 0.249 e. The highest BCUT2D eigenvalue weighted by molar-refractivity contribution is 5.63. The molecule has 0 aliphatic rings. The molecule has 1 aromatic heterocycles. The molecule has 0 aliphatic carbocycles. The molecule has 0 spiro atoms. The minimum atomic E-state index is 0.142. The molecule has 0 saturated carbocycles. The molecule has 1 heterocycles. The summed E-state index contributed by atoms with van der Waals surface area (Å²) in [5.74, 6) is 2.53. The third kappa shape index (κ3) is 5.31. The lowest BCUT2D eigenvalue weighted by molar-refractivity contribution is 0.242. The maximum atomic E-state index is 5.65. The van der Waals surface area contributed by atoms with Crippen molar-refractivity contribution in [2.45, 2.75) is 26.9 Å². The highest BCUT2D eigenvalue weighted by Gasteiger charge is 2.07. The Morgan fingerprint density at radius 2 is 1.78 bits per heavy atom. The molecule has 0 aliphatic heterocycles. The van der Waals surface area contributed by atoms with E-state index in [4.69, 9.17) is 9.47 Å². The van der Waals surface area contributed by atoms with Crippen molar-refractivity contribution in [1.29, 1.82) is 0 Å². The van der Waals surface area contributed by atoms with Crippen molar-refractivity contribution in [3.05, 3.63) is 54.7 Å². The summed E-state index contributed by atoms with van der Waals surface area (Å²) < 4.78 is 11.3. The summed E-state index contributed by atoms with van der Waals surface area (Å²) >= 11 is 0. The van der Waals surface area contributed by atoms with Gasteiger partial charge in [0, 0.05) is 5.69 Å². The van der Waals surface area contributed by atoms with Gasteiger partial charge < -0.3 is 20.1 Å². The zero-order valence-corrected chi connectivity index (χ0v) is 15.6. The van der Waals surface area contributed by atoms with E-state index in [9.17, 15) is 0 Å². The molecule has 7 nitrogen and oxygen atoms in total. The summed E-state index contributed by atoms with van der Waals surface area (Å²) in [6, 6.07) is 15.3. The predicted octanol–water partition coefficient (Wildman–Crippen LogP) is 4.54. The molecule has 27 heavy (non-hydrogen) atoms. The number of ether oxygens (including phenoxy) is 2. The number of para-hydroxylation sites is 2. The Balaban J connectivity index is 1.70. The number of benzene rings is 2. The van der Waals surface area contributed by atoms with Crippen LogP contribution in [0.25, 0.3) is 0 Å². The number of hydrogen-bond acceptors (Lipinski definition) is 7. The molecule has 0 bridgehead atoms. The van der Waals surface area contributed by atoms with Crippen LogP contribution in [0.2, 0.25) is 0 Å². The van der Waals surface area contributed by atoms with Gasteiger partial charge in [-0.15, -0.1) is 5.10 Å². The lowest BCUT2D eigenvalue weighted by Crippen LogP contribution is -2.05. The van der Waals surface area contributed by atoms with Gasteiger partial charge in [-0.05, 0) is 57.2 Å². The van der Waals surface area contributed by atoms with Gasteiger partial charge in [-0.1, -0.05) is 12.1 Å². The SMILES string of the molecule is CCOc1ccccc1Nc1nncc(Nc2ccc(OC(C)C)cc2)n1. The average Bonchev–Trinajstić information content (AvgIpc) is 2.65. The molecular formula is C20H23N5O2. The van der Waals surface area contributed by atoms with E-state index in [2.05, 4.69) is 25.8 Å². The van der Waals surface area contributed by atoms with Crippen LogP contribution in [0.1, 0.15) is 20.8 Å². The molecule has 2 aromatic carbocycles. The van der Waals surface area contributed by atoms with Crippen molar-refractivity contribution < 1.29 is 9.47 Å². The van der Waals surface area contributed by atoms with Crippen molar-refractivity contribution in [2.24, 2.45) is 0 Å². The highest BCUT2D eigenvalue weighted by Crippen LogP contribution is 2.26. The lowest BCUT2D eigenvalue weighted by Gasteiger charge is -2.12. The fraction of sp³-hybridized carbons (Fsp3) is 0.250. The van der Waals surface area contributed by atoms with Crippen molar-refractivity contribution in [2.75, 3.05) is 17.2 Å². The van der Waals surface area contributed by atoms with Crippen LogP contribution < -0.4 is 20.1 Å². The zero-order chi connectivity index (χ0) is 19.1. The van der Waals surface area contributed by atoms with E-state index >= 15 is 0 Å². The van der Waals surface area contributed by atoms with Crippen LogP contribution in [-0.2, 0) is 0 Å². The van der Waals surface area contributed by atoms with Gasteiger partial charge in [-0.25, -0.2) is 0 Å². The smallest absolute Gasteiger partial charge is 0.249 e. The molecule has 140 valence electrons. The van der Waals surface area contributed by atoms with E-state index in [0.29, 0.717) is 18.4 Å². The quantitative estimate of drug-likeness (QED) is 0.606. The summed E-state index contributed by atoms with van der Waals surface area (Å²) in [5, 5.41) is 14.4. The van der Waals surface area contributed by atoms with Crippen LogP contribution in [0, 0.1) is 0 Å². The minimum absolute atomic E-state index is 0.142. The summed E-state index contributed by atoms with van der Waals surface area (Å²) in [4.78, 5) is 4.45. The Morgan fingerprint density at radius 3 is 2.52 bits per heavy atom. The summed E-state index contributed by atoms with van der Waals surface area (Å²) in [5.41, 5.74) is 1.67. The highest BCUT2D eigenvalue weighted by atomic mass is 16.5. The summed E-state index contributed by atoms with van der Waals surface area (Å²) in [6.07, 6.45) is 1.71. The molecule has 0 atom stereocenters. The Bertz CT molecular complexity index is 868. The van der Waals surface area contributed by atoms with Gasteiger partial charge in [0.1, 0.15) is 11.5 Å². The number of hydrogen-bond donors (Lipinski definition) is 2. The first-order valence-corrected chi connectivity index (χ1v) is 8.86. The predicted molar refractivity (Wildman–Crippen MR) is 106 cm³/mol. The van der Waals surface area contributed by atoms with E-state index in [1.807, 2.05) is 69.3 Å². The van der Waals surface area contributed by atoms with Gasteiger partial charge >= 0.3 is 0 Å². The number of anilines is 4. The van der Waals surface area contributed by atoms with E-state index in [1.165, 1.54) is 0 Å². The standard InChI is InChI=1S/C20H23N5O2/c1-4-26-18-8-6-5-7-17(18)23-20-24-19(13-21-25-20)22-15-9-11-16(12-10-15)27-14(2)3/h5-14H,4H2,1-3H3,(H2,22,23,24,25). The number of nitrogens with zero attached hydrogens (tertiary/aromatic N) is 3. The molecule has 0 radical (unpaired) electrons. The van der Waals surface area contributed by atoms with Gasteiger partial charge in [-0.3, -0.25) is 0 Å². The second kappa shape index (κ2) is 8.84. The number of nitrogens with one attached hydrogen (secondary N) is 2. The Kier molecular flexibility index (Phi) is 6.04. The molecular weight excluding hydrogens is 342 g/mol. The molecule has 3 rings (SSSR count). The van der Waals surface area contributed by atoms with E-state index in [-0.39, 0.29) is 6.10 Å². The van der Waals surface area contributed by atoms with Gasteiger partial charge in [0.05, 0.1) is 24.6 Å². The number of aromatic nitrogens is 3. The van der Waals surface area contributed by atoms with E-state index < -0.39 is 0 Å². The molecule has 0 unspecified atom stereocenters. The first-order chi connectivity index (χ1) is 13.1. The lowest BCUT2D eigenvalue weighted by atomic mass is 10.3. The molecule has 7 heteroatoms. The second-order valence-corrected chi connectivity index (χ2v) is 6.04. The van der Waals surface area contributed by atoms with Crippen LogP contribution in [0.3, 0.4) is 0 Å². The molecule has 2 N–H and O–H groups in total. The van der Waals surface area contributed by atoms with Gasteiger partial charge in [0.15, 0.2) is 5.82 Å². The van der Waals surface area contributed by atoms with Crippen LogP contribution in [-0.4, -0.2) is 27.9 Å². The van der Waals surface area contributed by atoms with Crippen molar-refractivity contribution >= 4 is 23.1 Å². The topological polar surface area (TPSA) is 81.2 Å². The Hall–Kier alpha value is -3.35. The molecule has 3 aromatic rings. The van der Waals surface area contributed by atoms with Crippen LogP contribution in [0.15, 0.2) is 54.7 Å². The molecule has 0 amide bonds. The Labute approximate surface area is 158 Å². The van der Waals surface area contributed by atoms with Gasteiger partial charge in [-0.2, -0.15) is 10.1 Å². The van der Waals surface area contributed by atoms with Crippen molar-refractivity contribution in [3.63, 3.8) is 0 Å². The van der Waals surface area contributed by atoms with Crippen LogP contribution in [0.4, 0.5) is 23.1 Å². The van der Waals surface area contributed by atoms with E-state index in [1.54, 1.807) is 6.20 Å². The van der Waals surface area contributed by atoms with Crippen molar-refractivity contribution in [3.8, 4) is 11.5 Å². The van der Waals surface area contributed by atoms with Crippen molar-refractivity contribution in [1.82, 2.24) is 15.2 Å². The second-order valence-electron chi connectivity index (χ2n) is 6.04. The van der Waals surface area contributed by atoms with Crippen LogP contribution in [0.5, 0.6) is 11.5 Å². The third-order valence-electron chi connectivity index (χ3n) is 3.49. The number of rotatable bonds is 8. The fourth-order valence-electron chi connectivity index (χ4n) is 2.43. The monoisotopic (exact) mass is 365 g/mol. The molecule has 0 saturated heterocycles. The summed E-state index contributed by atoms with van der Waals surface area (Å²) in [7, 11) is 0. The largest absolute Gasteiger partial charge is 0.492 e. The van der Waals surface area contributed by atoms with Gasteiger partial charge in [0.25, 0.3) is 0 Å². The summed E-state index contributed by atoms with van der Waals surface area (Å²) in [6.45, 7) is 6.51. The maximum absolute atomic E-state index is 5.65. The first kappa shape index (κ1) is 18.4. The molecule has 0 fully saturated rings. The zero-order valence-electron chi connectivity index (χ0n) is 15.6. The van der Waals surface area contributed by atoms with Gasteiger partial charge in [0.2, 0.25) is 5.95 Å².